The van der Waals surface area contributed by atoms with Crippen LogP contribution in [0.25, 0.3) is 5.82 Å². The van der Waals surface area contributed by atoms with E-state index in [-0.39, 0.29) is 23.9 Å². The fraction of sp³-hybridized carbons (Fsp3) is 0.360. The number of hydrogen-bond acceptors (Lipinski definition) is 7. The summed E-state index contributed by atoms with van der Waals surface area (Å²) in [6.45, 7) is 8.39. The van der Waals surface area contributed by atoms with Crippen molar-refractivity contribution in [2.75, 3.05) is 11.4 Å². The van der Waals surface area contributed by atoms with Crippen LogP contribution in [0.2, 0.25) is 0 Å². The highest BCUT2D eigenvalue weighted by molar-refractivity contribution is 5.82. The van der Waals surface area contributed by atoms with Gasteiger partial charge in [-0.15, -0.1) is 0 Å². The van der Waals surface area contributed by atoms with E-state index in [1.165, 1.54) is 10.9 Å². The van der Waals surface area contributed by atoms with Gasteiger partial charge < -0.3 is 10.2 Å². The second-order valence-electron chi connectivity index (χ2n) is 9.30. The molecule has 5 heterocycles. The van der Waals surface area contributed by atoms with Crippen LogP contribution in [0, 0.1) is 25.6 Å². The smallest absolute Gasteiger partial charge is 0.227 e. The van der Waals surface area contributed by atoms with Gasteiger partial charge in [-0.3, -0.25) is 9.89 Å². The zero-order chi connectivity index (χ0) is 25.4. The van der Waals surface area contributed by atoms with Crippen molar-refractivity contribution in [2.24, 2.45) is 5.92 Å². The topological polar surface area (TPSA) is 118 Å². The fourth-order valence-corrected chi connectivity index (χ4v) is 4.38. The van der Waals surface area contributed by atoms with Crippen molar-refractivity contribution >= 4 is 11.9 Å². The number of nitrogens with zero attached hydrogens (tertiary/aromatic N) is 7. The molecule has 2 N–H and O–H groups in total. The first-order valence-electron chi connectivity index (χ1n) is 11.9. The van der Waals surface area contributed by atoms with Crippen molar-refractivity contribution in [1.82, 2.24) is 40.2 Å². The normalized spacial score (nSPS) is 18.1. The molecule has 11 heteroatoms. The van der Waals surface area contributed by atoms with Gasteiger partial charge in [0.25, 0.3) is 0 Å². The third-order valence-corrected chi connectivity index (χ3v) is 6.49. The van der Waals surface area contributed by atoms with Gasteiger partial charge in [-0.1, -0.05) is 6.07 Å². The fourth-order valence-electron chi connectivity index (χ4n) is 4.38. The van der Waals surface area contributed by atoms with Crippen LogP contribution < -0.4 is 10.2 Å². The van der Waals surface area contributed by atoms with Crippen LogP contribution in [0.3, 0.4) is 0 Å². The van der Waals surface area contributed by atoms with Crippen molar-refractivity contribution in [3.8, 4) is 5.82 Å². The number of carbonyl (C=O) groups is 1. The van der Waals surface area contributed by atoms with Crippen LogP contribution in [0.1, 0.15) is 48.2 Å². The quantitative estimate of drug-likeness (QED) is 0.410. The van der Waals surface area contributed by atoms with E-state index in [1.807, 2.05) is 45.9 Å². The SMILES string of the molecule is Cc1cc(Cc2cc(C)[nH]n2)nc(N2C[C@H](C(=O)N[C@@H](C)c3ccc(-n4cc(F)cn4)nc3)[C@H]2C)n1. The Kier molecular flexibility index (Phi) is 6.21. The third-order valence-electron chi connectivity index (χ3n) is 6.49. The summed E-state index contributed by atoms with van der Waals surface area (Å²) in [4.78, 5) is 28.7. The van der Waals surface area contributed by atoms with Crippen LogP contribution in [0.5, 0.6) is 0 Å². The minimum atomic E-state index is -0.426. The molecule has 1 saturated heterocycles. The number of aromatic amines is 1. The number of nitrogens with one attached hydrogen (secondary N) is 2. The first kappa shape index (κ1) is 23.6. The van der Waals surface area contributed by atoms with E-state index in [0.29, 0.717) is 24.7 Å². The molecule has 0 aliphatic carbocycles. The average Bonchev–Trinajstić information content (AvgIpc) is 3.45. The van der Waals surface area contributed by atoms with Gasteiger partial charge >= 0.3 is 0 Å². The van der Waals surface area contributed by atoms with Crippen molar-refractivity contribution in [3.05, 3.63) is 77.0 Å². The van der Waals surface area contributed by atoms with Gasteiger partial charge in [0.2, 0.25) is 11.9 Å². The van der Waals surface area contributed by atoms with Gasteiger partial charge in [0.05, 0.1) is 35.7 Å². The lowest BCUT2D eigenvalue weighted by Gasteiger charge is -2.45. The summed E-state index contributed by atoms with van der Waals surface area (Å²) in [5, 5.41) is 14.2. The monoisotopic (exact) mass is 489 g/mol. The first-order valence-corrected chi connectivity index (χ1v) is 11.9. The lowest BCUT2D eigenvalue weighted by Crippen LogP contribution is -2.61. The molecule has 3 atom stereocenters. The van der Waals surface area contributed by atoms with E-state index < -0.39 is 5.82 Å². The molecule has 1 fully saturated rings. The van der Waals surface area contributed by atoms with Gasteiger partial charge in [0, 0.05) is 36.6 Å². The van der Waals surface area contributed by atoms with E-state index >= 15 is 0 Å². The Hall–Kier alpha value is -4.15. The summed E-state index contributed by atoms with van der Waals surface area (Å²) < 4.78 is 14.6. The van der Waals surface area contributed by atoms with Crippen LogP contribution in [0.15, 0.2) is 42.9 Å². The summed E-state index contributed by atoms with van der Waals surface area (Å²) in [6.07, 6.45) is 4.67. The third kappa shape index (κ3) is 4.81. The molecule has 1 aliphatic rings. The molecule has 0 bridgehead atoms. The number of carbonyl (C=O) groups excluding carboxylic acids is 1. The number of rotatable bonds is 7. The highest BCUT2D eigenvalue weighted by Crippen LogP contribution is 2.30. The summed E-state index contributed by atoms with van der Waals surface area (Å²) in [5.41, 5.74) is 4.56. The Morgan fingerprint density at radius 2 is 2.06 bits per heavy atom. The predicted octanol–water partition coefficient (Wildman–Crippen LogP) is 2.83. The highest BCUT2D eigenvalue weighted by atomic mass is 19.1. The van der Waals surface area contributed by atoms with E-state index in [2.05, 4.69) is 35.5 Å². The van der Waals surface area contributed by atoms with E-state index in [1.54, 1.807) is 12.3 Å². The Balaban J connectivity index is 1.20. The number of amides is 1. The number of hydrogen-bond donors (Lipinski definition) is 2. The average molecular weight is 490 g/mol. The number of pyridine rings is 1. The zero-order valence-electron chi connectivity index (χ0n) is 20.6. The van der Waals surface area contributed by atoms with Gasteiger partial charge in [0.15, 0.2) is 11.6 Å². The molecule has 4 aromatic heterocycles. The molecule has 5 rings (SSSR count). The molecule has 0 aromatic carbocycles. The molecular weight excluding hydrogens is 461 g/mol. The standard InChI is InChI=1S/C25H28FN9O/c1-14-7-20(9-21-8-15(2)32-33-21)31-25(29-14)34-13-22(17(34)4)24(36)30-16(3)18-5-6-23(27-10-18)35-12-19(26)11-28-35/h5-8,10-12,16-17,22H,9,13H2,1-4H3,(H,30,36)(H,32,33)/t16-,17+,22-/m0/s1. The number of halogens is 1. The minimum absolute atomic E-state index is 0.0238. The Bertz CT molecular complexity index is 1380. The van der Waals surface area contributed by atoms with Crippen molar-refractivity contribution in [1.29, 1.82) is 0 Å². The minimum Gasteiger partial charge on any atom is -0.349 e. The summed E-state index contributed by atoms with van der Waals surface area (Å²) in [7, 11) is 0. The molecule has 4 aromatic rings. The molecule has 0 radical (unpaired) electrons. The predicted molar refractivity (Wildman–Crippen MR) is 131 cm³/mol. The maximum atomic E-state index is 13.2. The van der Waals surface area contributed by atoms with Crippen molar-refractivity contribution in [3.63, 3.8) is 0 Å². The van der Waals surface area contributed by atoms with E-state index in [9.17, 15) is 9.18 Å². The summed E-state index contributed by atoms with van der Waals surface area (Å²) >= 11 is 0. The van der Waals surface area contributed by atoms with Crippen molar-refractivity contribution in [2.45, 2.75) is 46.2 Å². The molecule has 1 amide bonds. The zero-order valence-corrected chi connectivity index (χ0v) is 20.6. The van der Waals surface area contributed by atoms with Crippen LogP contribution >= 0.6 is 0 Å². The van der Waals surface area contributed by atoms with Gasteiger partial charge in [-0.2, -0.15) is 10.2 Å². The molecule has 36 heavy (non-hydrogen) atoms. The van der Waals surface area contributed by atoms with Crippen LogP contribution in [-0.2, 0) is 11.2 Å². The Morgan fingerprint density at radius 1 is 1.22 bits per heavy atom. The lowest BCUT2D eigenvalue weighted by molar-refractivity contribution is -0.127. The summed E-state index contributed by atoms with van der Waals surface area (Å²) in [5.74, 6) is 0.518. The molecule has 10 nitrogen and oxygen atoms in total. The first-order chi connectivity index (χ1) is 17.3. The summed E-state index contributed by atoms with van der Waals surface area (Å²) in [6, 6.07) is 7.31. The van der Waals surface area contributed by atoms with Crippen molar-refractivity contribution < 1.29 is 9.18 Å². The maximum Gasteiger partial charge on any atom is 0.227 e. The maximum absolute atomic E-state index is 13.2. The molecule has 0 spiro atoms. The molecule has 0 unspecified atom stereocenters. The van der Waals surface area contributed by atoms with Crippen LogP contribution in [0.4, 0.5) is 10.3 Å². The van der Waals surface area contributed by atoms with Gasteiger partial charge in [-0.05, 0) is 51.5 Å². The Labute approximate surface area is 208 Å². The molecular formula is C25H28FN9O. The molecule has 0 saturated carbocycles. The van der Waals surface area contributed by atoms with Gasteiger partial charge in [0.1, 0.15) is 0 Å². The molecule has 1 aliphatic heterocycles. The van der Waals surface area contributed by atoms with E-state index in [4.69, 9.17) is 4.98 Å². The largest absolute Gasteiger partial charge is 0.349 e. The number of aryl methyl sites for hydroxylation is 2. The lowest BCUT2D eigenvalue weighted by atomic mass is 9.89. The number of anilines is 1. The number of H-pyrrole nitrogens is 1. The second kappa shape index (κ2) is 9.48. The number of aromatic nitrogens is 7. The van der Waals surface area contributed by atoms with Crippen LogP contribution in [-0.4, -0.2) is 53.4 Å². The van der Waals surface area contributed by atoms with E-state index in [0.717, 1.165) is 34.5 Å². The molecule has 186 valence electrons. The van der Waals surface area contributed by atoms with Gasteiger partial charge in [-0.25, -0.2) is 24.0 Å². The second-order valence-corrected chi connectivity index (χ2v) is 9.30. The highest BCUT2D eigenvalue weighted by Gasteiger charge is 2.42. The Morgan fingerprint density at radius 3 is 2.69 bits per heavy atom.